The Morgan fingerprint density at radius 3 is 2.42 bits per heavy atom. The minimum atomic E-state index is -0.179. The summed E-state index contributed by atoms with van der Waals surface area (Å²) in [4.78, 5) is 0. The van der Waals surface area contributed by atoms with Crippen molar-refractivity contribution >= 4 is 0 Å². The first-order valence-electron chi connectivity index (χ1n) is 4.96. The molecule has 0 aromatic heterocycles. The highest BCUT2D eigenvalue weighted by Gasteiger charge is 2.01. The van der Waals surface area contributed by atoms with Gasteiger partial charge in [0, 0.05) is 13.2 Å². The van der Waals surface area contributed by atoms with E-state index in [2.05, 4.69) is 13.8 Å². The molecule has 0 aromatic carbocycles. The normalized spacial score (nSPS) is 16.0. The summed E-state index contributed by atoms with van der Waals surface area (Å²) in [6.45, 7) is 7.84. The van der Waals surface area contributed by atoms with Crippen LogP contribution in [0, 0.1) is 5.92 Å². The zero-order chi connectivity index (χ0) is 9.40. The van der Waals surface area contributed by atoms with Gasteiger partial charge in [-0.2, -0.15) is 0 Å². The van der Waals surface area contributed by atoms with Gasteiger partial charge < -0.3 is 9.84 Å². The first-order valence-corrected chi connectivity index (χ1v) is 4.96. The highest BCUT2D eigenvalue weighted by molar-refractivity contribution is 4.51. The van der Waals surface area contributed by atoms with Crippen LogP contribution in [-0.4, -0.2) is 24.4 Å². The van der Waals surface area contributed by atoms with E-state index in [1.165, 1.54) is 0 Å². The minimum absolute atomic E-state index is 0.179. The van der Waals surface area contributed by atoms with Gasteiger partial charge in [-0.3, -0.25) is 0 Å². The van der Waals surface area contributed by atoms with E-state index in [4.69, 9.17) is 4.74 Å². The maximum Gasteiger partial charge on any atom is 0.0559 e. The highest BCUT2D eigenvalue weighted by atomic mass is 16.5. The molecule has 0 radical (unpaired) electrons. The Bertz CT molecular complexity index is 81.8. The van der Waals surface area contributed by atoms with E-state index >= 15 is 0 Å². The molecule has 0 aliphatic carbocycles. The molecule has 2 unspecified atom stereocenters. The smallest absolute Gasteiger partial charge is 0.0559 e. The zero-order valence-electron chi connectivity index (χ0n) is 8.55. The second-order valence-electron chi connectivity index (χ2n) is 3.44. The van der Waals surface area contributed by atoms with Crippen molar-refractivity contribution in [1.29, 1.82) is 0 Å². The summed E-state index contributed by atoms with van der Waals surface area (Å²) in [5.41, 5.74) is 0. The first kappa shape index (κ1) is 11.9. The van der Waals surface area contributed by atoms with Crippen LogP contribution in [0.2, 0.25) is 0 Å². The second kappa shape index (κ2) is 7.56. The summed E-state index contributed by atoms with van der Waals surface area (Å²) in [5.74, 6) is 0.642. The molecule has 2 heteroatoms. The Morgan fingerprint density at radius 2 is 1.92 bits per heavy atom. The van der Waals surface area contributed by atoms with E-state index in [0.717, 1.165) is 25.9 Å². The molecule has 0 rings (SSSR count). The van der Waals surface area contributed by atoms with E-state index in [1.807, 2.05) is 6.92 Å². The standard InChI is InChI=1S/C10H22O2/c1-4-9(3)8-12-7-6-10(11)5-2/h9-11H,4-8H2,1-3H3. The van der Waals surface area contributed by atoms with Gasteiger partial charge in [0.15, 0.2) is 0 Å². The van der Waals surface area contributed by atoms with Gasteiger partial charge in [-0.05, 0) is 18.8 Å². The van der Waals surface area contributed by atoms with Crippen LogP contribution < -0.4 is 0 Å². The topological polar surface area (TPSA) is 29.5 Å². The molecule has 0 aliphatic heterocycles. The maximum atomic E-state index is 9.20. The summed E-state index contributed by atoms with van der Waals surface area (Å²) in [6, 6.07) is 0. The van der Waals surface area contributed by atoms with Crippen molar-refractivity contribution in [3.05, 3.63) is 0 Å². The average Bonchev–Trinajstić information content (AvgIpc) is 2.11. The molecule has 0 saturated carbocycles. The molecule has 74 valence electrons. The highest BCUT2D eigenvalue weighted by Crippen LogP contribution is 2.02. The zero-order valence-corrected chi connectivity index (χ0v) is 8.55. The van der Waals surface area contributed by atoms with Crippen LogP contribution in [0.5, 0.6) is 0 Å². The third-order valence-corrected chi connectivity index (χ3v) is 2.17. The lowest BCUT2D eigenvalue weighted by Crippen LogP contribution is -2.11. The lowest BCUT2D eigenvalue weighted by Gasteiger charge is -2.11. The van der Waals surface area contributed by atoms with Crippen LogP contribution in [0.3, 0.4) is 0 Å². The Kier molecular flexibility index (Phi) is 7.51. The van der Waals surface area contributed by atoms with Gasteiger partial charge in [0.05, 0.1) is 6.10 Å². The van der Waals surface area contributed by atoms with Crippen LogP contribution in [0.4, 0.5) is 0 Å². The fraction of sp³-hybridized carbons (Fsp3) is 1.00. The summed E-state index contributed by atoms with van der Waals surface area (Å²) in [7, 11) is 0. The van der Waals surface area contributed by atoms with E-state index in [0.29, 0.717) is 12.5 Å². The predicted octanol–water partition coefficient (Wildman–Crippen LogP) is 2.21. The molecule has 2 nitrogen and oxygen atoms in total. The number of rotatable bonds is 7. The fourth-order valence-electron chi connectivity index (χ4n) is 0.826. The minimum Gasteiger partial charge on any atom is -0.393 e. The van der Waals surface area contributed by atoms with Gasteiger partial charge in [0.25, 0.3) is 0 Å². The summed E-state index contributed by atoms with van der Waals surface area (Å²) in [6.07, 6.45) is 2.58. The Hall–Kier alpha value is -0.0800. The molecule has 0 heterocycles. The van der Waals surface area contributed by atoms with Crippen LogP contribution in [0.25, 0.3) is 0 Å². The molecule has 2 atom stereocenters. The third-order valence-electron chi connectivity index (χ3n) is 2.17. The molecule has 0 aromatic rings. The summed E-state index contributed by atoms with van der Waals surface area (Å²) in [5, 5.41) is 9.20. The van der Waals surface area contributed by atoms with Gasteiger partial charge in [-0.1, -0.05) is 27.2 Å². The van der Waals surface area contributed by atoms with Gasteiger partial charge in [-0.15, -0.1) is 0 Å². The lowest BCUT2D eigenvalue weighted by molar-refractivity contribution is 0.0639. The number of hydrogen-bond donors (Lipinski definition) is 1. The second-order valence-corrected chi connectivity index (χ2v) is 3.44. The molecule has 0 amide bonds. The van der Waals surface area contributed by atoms with Gasteiger partial charge in [0.1, 0.15) is 0 Å². The van der Waals surface area contributed by atoms with Crippen molar-refractivity contribution in [2.24, 2.45) is 5.92 Å². The third kappa shape index (κ3) is 6.62. The van der Waals surface area contributed by atoms with E-state index in [9.17, 15) is 5.11 Å². The van der Waals surface area contributed by atoms with Crippen molar-refractivity contribution in [3.63, 3.8) is 0 Å². The SMILES string of the molecule is CCC(C)COCCC(O)CC. The molecule has 0 saturated heterocycles. The average molecular weight is 174 g/mol. The van der Waals surface area contributed by atoms with Crippen LogP contribution in [-0.2, 0) is 4.74 Å². The monoisotopic (exact) mass is 174 g/mol. The number of aliphatic hydroxyl groups is 1. The van der Waals surface area contributed by atoms with E-state index < -0.39 is 0 Å². The molecular weight excluding hydrogens is 152 g/mol. The van der Waals surface area contributed by atoms with Gasteiger partial charge in [0.2, 0.25) is 0 Å². The number of ether oxygens (including phenoxy) is 1. The van der Waals surface area contributed by atoms with Gasteiger partial charge in [-0.25, -0.2) is 0 Å². The van der Waals surface area contributed by atoms with Crippen molar-refractivity contribution in [3.8, 4) is 0 Å². The van der Waals surface area contributed by atoms with Crippen molar-refractivity contribution in [1.82, 2.24) is 0 Å². The molecular formula is C10H22O2. The lowest BCUT2D eigenvalue weighted by atomic mass is 10.1. The maximum absolute atomic E-state index is 9.20. The Morgan fingerprint density at radius 1 is 1.25 bits per heavy atom. The largest absolute Gasteiger partial charge is 0.393 e. The molecule has 1 N–H and O–H groups in total. The van der Waals surface area contributed by atoms with Crippen LogP contribution in [0.15, 0.2) is 0 Å². The first-order chi connectivity index (χ1) is 5.70. The Labute approximate surface area is 75.9 Å². The molecule has 0 spiro atoms. The predicted molar refractivity (Wildman–Crippen MR) is 51.2 cm³/mol. The van der Waals surface area contributed by atoms with Crippen molar-refractivity contribution in [2.45, 2.75) is 46.1 Å². The van der Waals surface area contributed by atoms with E-state index in [-0.39, 0.29) is 6.10 Å². The number of aliphatic hydroxyl groups excluding tert-OH is 1. The van der Waals surface area contributed by atoms with E-state index in [1.54, 1.807) is 0 Å². The molecule has 0 aliphatic rings. The van der Waals surface area contributed by atoms with Crippen molar-refractivity contribution < 1.29 is 9.84 Å². The van der Waals surface area contributed by atoms with Crippen molar-refractivity contribution in [2.75, 3.05) is 13.2 Å². The molecule has 12 heavy (non-hydrogen) atoms. The quantitative estimate of drug-likeness (QED) is 0.600. The van der Waals surface area contributed by atoms with Crippen LogP contribution in [0.1, 0.15) is 40.0 Å². The van der Waals surface area contributed by atoms with Crippen LogP contribution >= 0.6 is 0 Å². The number of hydrogen-bond acceptors (Lipinski definition) is 2. The Balaban J connectivity index is 3.10. The summed E-state index contributed by atoms with van der Waals surface area (Å²) < 4.78 is 5.40. The van der Waals surface area contributed by atoms with Gasteiger partial charge >= 0.3 is 0 Å². The molecule has 0 bridgehead atoms. The fourth-order valence-corrected chi connectivity index (χ4v) is 0.826. The molecule has 0 fully saturated rings. The summed E-state index contributed by atoms with van der Waals surface area (Å²) >= 11 is 0.